The molecule has 2 aromatic heterocycles. The van der Waals surface area contributed by atoms with Crippen LogP contribution in [0.4, 0.5) is 5.82 Å². The van der Waals surface area contributed by atoms with E-state index in [9.17, 15) is 4.79 Å². The van der Waals surface area contributed by atoms with Gasteiger partial charge in [-0.3, -0.25) is 4.79 Å². The van der Waals surface area contributed by atoms with E-state index in [2.05, 4.69) is 10.4 Å². The predicted octanol–water partition coefficient (Wildman–Crippen LogP) is 4.45. The van der Waals surface area contributed by atoms with Crippen molar-refractivity contribution in [3.63, 3.8) is 0 Å². The molecule has 7 heteroatoms. The maximum absolute atomic E-state index is 12.8. The molecule has 7 nitrogen and oxygen atoms in total. The van der Waals surface area contributed by atoms with Crippen molar-refractivity contribution in [3.05, 3.63) is 71.9 Å². The molecule has 4 rings (SSSR count). The summed E-state index contributed by atoms with van der Waals surface area (Å²) in [5.74, 6) is 2.20. The van der Waals surface area contributed by atoms with Gasteiger partial charge in [0.05, 0.1) is 18.3 Å². The van der Waals surface area contributed by atoms with E-state index in [1.165, 1.54) is 0 Å². The molecule has 2 aromatic carbocycles. The van der Waals surface area contributed by atoms with Gasteiger partial charge in [0.1, 0.15) is 17.3 Å². The average Bonchev–Trinajstić information content (AvgIpc) is 3.14. The number of ether oxygens (including phenoxy) is 2. The normalized spacial score (nSPS) is 11.9. The molecule has 2 heterocycles. The molecule has 158 valence electrons. The lowest BCUT2D eigenvalue weighted by Crippen LogP contribution is -2.31. The van der Waals surface area contributed by atoms with Gasteiger partial charge < -0.3 is 14.8 Å². The minimum absolute atomic E-state index is 0.283. The zero-order chi connectivity index (χ0) is 22.0. The summed E-state index contributed by atoms with van der Waals surface area (Å²) in [7, 11) is 1.60. The van der Waals surface area contributed by atoms with Crippen molar-refractivity contribution in [2.45, 2.75) is 26.9 Å². The number of carbonyl (C=O) groups is 1. The Kier molecular flexibility index (Phi) is 5.58. The van der Waals surface area contributed by atoms with Crippen LogP contribution in [-0.2, 0) is 4.79 Å². The van der Waals surface area contributed by atoms with E-state index in [0.29, 0.717) is 17.4 Å². The van der Waals surface area contributed by atoms with Crippen molar-refractivity contribution in [1.29, 1.82) is 0 Å². The fourth-order valence-electron chi connectivity index (χ4n) is 3.34. The van der Waals surface area contributed by atoms with Gasteiger partial charge in [0.25, 0.3) is 5.91 Å². The molecule has 31 heavy (non-hydrogen) atoms. The largest absolute Gasteiger partial charge is 0.497 e. The average molecular weight is 416 g/mol. The number of pyridine rings is 1. The molecule has 4 aromatic rings. The molecule has 0 bridgehead atoms. The van der Waals surface area contributed by atoms with Gasteiger partial charge in [-0.15, -0.1) is 0 Å². The highest BCUT2D eigenvalue weighted by Crippen LogP contribution is 2.23. The number of amides is 1. The molecule has 1 unspecified atom stereocenters. The number of hydrogen-bond donors (Lipinski definition) is 1. The number of rotatable bonds is 6. The van der Waals surface area contributed by atoms with Crippen LogP contribution in [0.2, 0.25) is 0 Å². The van der Waals surface area contributed by atoms with E-state index in [0.717, 1.165) is 27.9 Å². The summed E-state index contributed by atoms with van der Waals surface area (Å²) < 4.78 is 12.6. The topological polar surface area (TPSA) is 78.3 Å². The quantitative estimate of drug-likeness (QED) is 0.502. The molecule has 0 fully saturated rings. The SMILES string of the molecule is COc1ccc(OC(C)C(=O)Nc2cc(C)nn2-c2cc(C)c3ccccc3n2)cc1. The summed E-state index contributed by atoms with van der Waals surface area (Å²) in [6.07, 6.45) is -0.705. The first-order valence-corrected chi connectivity index (χ1v) is 9.99. The molecule has 1 atom stereocenters. The number of nitrogens with one attached hydrogen (secondary N) is 1. The number of carbonyl (C=O) groups excluding carboxylic acids is 1. The number of hydrogen-bond acceptors (Lipinski definition) is 5. The van der Waals surface area contributed by atoms with Crippen LogP contribution in [0.3, 0.4) is 0 Å². The van der Waals surface area contributed by atoms with Gasteiger partial charge in [-0.2, -0.15) is 9.78 Å². The zero-order valence-electron chi connectivity index (χ0n) is 17.9. The summed E-state index contributed by atoms with van der Waals surface area (Å²) in [5.41, 5.74) is 2.73. The molecule has 1 amide bonds. The molecule has 0 saturated heterocycles. The molecular formula is C24H24N4O3. The lowest BCUT2D eigenvalue weighted by Gasteiger charge is -2.16. The summed E-state index contributed by atoms with van der Waals surface area (Å²) in [4.78, 5) is 17.5. The van der Waals surface area contributed by atoms with Crippen LogP contribution in [0.15, 0.2) is 60.7 Å². The van der Waals surface area contributed by atoms with Crippen LogP contribution in [0.25, 0.3) is 16.7 Å². The first-order valence-electron chi connectivity index (χ1n) is 9.99. The Morgan fingerprint density at radius 1 is 1.03 bits per heavy atom. The van der Waals surface area contributed by atoms with Crippen molar-refractivity contribution in [2.75, 3.05) is 12.4 Å². The van der Waals surface area contributed by atoms with Crippen LogP contribution in [0.5, 0.6) is 11.5 Å². The number of anilines is 1. The maximum Gasteiger partial charge on any atom is 0.266 e. The first-order chi connectivity index (χ1) is 14.9. The third-order valence-electron chi connectivity index (χ3n) is 4.95. The fraction of sp³-hybridized carbons (Fsp3) is 0.208. The monoisotopic (exact) mass is 416 g/mol. The highest BCUT2D eigenvalue weighted by molar-refractivity contribution is 5.93. The van der Waals surface area contributed by atoms with Crippen LogP contribution in [0, 0.1) is 13.8 Å². The molecule has 0 aliphatic carbocycles. The van der Waals surface area contributed by atoms with Gasteiger partial charge in [-0.05, 0) is 62.7 Å². The van der Waals surface area contributed by atoms with E-state index in [-0.39, 0.29) is 5.91 Å². The van der Waals surface area contributed by atoms with E-state index < -0.39 is 6.10 Å². The van der Waals surface area contributed by atoms with Gasteiger partial charge in [0.2, 0.25) is 0 Å². The van der Waals surface area contributed by atoms with Crippen molar-refractivity contribution < 1.29 is 14.3 Å². The zero-order valence-corrected chi connectivity index (χ0v) is 17.9. The van der Waals surface area contributed by atoms with Crippen molar-refractivity contribution in [1.82, 2.24) is 14.8 Å². The van der Waals surface area contributed by atoms with E-state index in [4.69, 9.17) is 14.5 Å². The number of nitrogens with zero attached hydrogens (tertiary/aromatic N) is 3. The van der Waals surface area contributed by atoms with Crippen LogP contribution >= 0.6 is 0 Å². The lowest BCUT2D eigenvalue weighted by molar-refractivity contribution is -0.122. The van der Waals surface area contributed by atoms with Gasteiger partial charge in [-0.1, -0.05) is 18.2 Å². The summed E-state index contributed by atoms with van der Waals surface area (Å²) in [6, 6.07) is 18.8. The number of para-hydroxylation sites is 1. The maximum atomic E-state index is 12.8. The molecule has 1 N–H and O–H groups in total. The van der Waals surface area contributed by atoms with E-state index in [1.807, 2.05) is 50.2 Å². The third kappa shape index (κ3) is 4.35. The third-order valence-corrected chi connectivity index (χ3v) is 4.95. The number of benzene rings is 2. The molecule has 0 aliphatic heterocycles. The number of aryl methyl sites for hydroxylation is 2. The second kappa shape index (κ2) is 8.47. The highest BCUT2D eigenvalue weighted by Gasteiger charge is 2.19. The molecular weight excluding hydrogens is 392 g/mol. The van der Waals surface area contributed by atoms with Gasteiger partial charge >= 0.3 is 0 Å². The van der Waals surface area contributed by atoms with Gasteiger partial charge in [0.15, 0.2) is 11.9 Å². The lowest BCUT2D eigenvalue weighted by atomic mass is 10.1. The summed E-state index contributed by atoms with van der Waals surface area (Å²) in [6.45, 7) is 5.61. The second-order valence-corrected chi connectivity index (χ2v) is 7.32. The first kappa shape index (κ1) is 20.4. The molecule has 0 radical (unpaired) electrons. The van der Waals surface area contributed by atoms with E-state index >= 15 is 0 Å². The summed E-state index contributed by atoms with van der Waals surface area (Å²) in [5, 5.41) is 8.53. The number of aromatic nitrogens is 3. The minimum Gasteiger partial charge on any atom is -0.497 e. The Morgan fingerprint density at radius 2 is 1.74 bits per heavy atom. The molecule has 0 saturated carbocycles. The number of methoxy groups -OCH3 is 1. The van der Waals surface area contributed by atoms with Gasteiger partial charge in [-0.25, -0.2) is 4.98 Å². The Labute approximate surface area is 180 Å². The van der Waals surface area contributed by atoms with Crippen molar-refractivity contribution in [2.24, 2.45) is 0 Å². The highest BCUT2D eigenvalue weighted by atomic mass is 16.5. The minimum atomic E-state index is -0.705. The van der Waals surface area contributed by atoms with Crippen molar-refractivity contribution in [3.8, 4) is 17.3 Å². The Morgan fingerprint density at radius 3 is 2.48 bits per heavy atom. The Bertz CT molecular complexity index is 1230. The van der Waals surface area contributed by atoms with E-state index in [1.54, 1.807) is 43.0 Å². The van der Waals surface area contributed by atoms with Gasteiger partial charge in [0, 0.05) is 11.5 Å². The second-order valence-electron chi connectivity index (χ2n) is 7.32. The van der Waals surface area contributed by atoms with Crippen LogP contribution in [0.1, 0.15) is 18.2 Å². The standard InChI is InChI=1S/C24H24N4O3/c1-15-13-22(25-21-8-6-5-7-20(15)21)28-23(14-16(2)27-28)26-24(29)17(3)31-19-11-9-18(30-4)10-12-19/h5-14,17H,1-4H3,(H,26,29). The fourth-order valence-corrected chi connectivity index (χ4v) is 3.34. The number of fused-ring (bicyclic) bond motifs is 1. The summed E-state index contributed by atoms with van der Waals surface area (Å²) >= 11 is 0. The molecule has 0 spiro atoms. The smallest absolute Gasteiger partial charge is 0.266 e. The predicted molar refractivity (Wildman–Crippen MR) is 120 cm³/mol. The van der Waals surface area contributed by atoms with Crippen LogP contribution < -0.4 is 14.8 Å². The molecule has 0 aliphatic rings. The van der Waals surface area contributed by atoms with Crippen LogP contribution in [-0.4, -0.2) is 33.9 Å². The Balaban J connectivity index is 1.56. The van der Waals surface area contributed by atoms with Crippen molar-refractivity contribution >= 4 is 22.6 Å². The Hall–Kier alpha value is -3.87.